The third kappa shape index (κ3) is 4.01. The topological polar surface area (TPSA) is 66.8 Å². The average molecular weight is 488 g/mol. The fourth-order valence-corrected chi connectivity index (χ4v) is 5.19. The van der Waals surface area contributed by atoms with Gasteiger partial charge in [-0.2, -0.15) is 0 Å². The SMILES string of the molecule is COc1c(Cl)cc(/C(O)=C2\C(=O)C(=O)N(Cc3cccs3)C2c2cccc(C)c2)cc1Cl. The van der Waals surface area contributed by atoms with Crippen molar-refractivity contribution in [2.75, 3.05) is 7.11 Å². The molecule has 1 saturated heterocycles. The van der Waals surface area contributed by atoms with Gasteiger partial charge in [0.15, 0.2) is 5.75 Å². The van der Waals surface area contributed by atoms with Gasteiger partial charge >= 0.3 is 0 Å². The first-order valence-corrected chi connectivity index (χ1v) is 11.4. The van der Waals surface area contributed by atoms with Crippen molar-refractivity contribution in [2.45, 2.75) is 19.5 Å². The highest BCUT2D eigenvalue weighted by molar-refractivity contribution is 7.09. The number of halogens is 2. The van der Waals surface area contributed by atoms with Crippen LogP contribution >= 0.6 is 34.5 Å². The van der Waals surface area contributed by atoms with Crippen molar-refractivity contribution < 1.29 is 19.4 Å². The Morgan fingerprint density at radius 3 is 2.44 bits per heavy atom. The lowest BCUT2D eigenvalue weighted by Gasteiger charge is -2.25. The van der Waals surface area contributed by atoms with Gasteiger partial charge in [-0.05, 0) is 36.1 Å². The van der Waals surface area contributed by atoms with Gasteiger partial charge in [0.2, 0.25) is 0 Å². The Morgan fingerprint density at radius 2 is 1.84 bits per heavy atom. The molecular weight excluding hydrogens is 469 g/mol. The van der Waals surface area contributed by atoms with Crippen LogP contribution in [-0.2, 0) is 16.1 Å². The fourth-order valence-electron chi connectivity index (χ4n) is 3.85. The molecule has 1 unspecified atom stereocenters. The second-order valence-corrected chi connectivity index (χ2v) is 9.24. The standard InChI is InChI=1S/C24H19Cl2NO4S/c1-13-5-3-6-14(9-13)20-19(21(28)15-10-17(25)23(31-2)18(26)11-15)22(29)24(30)27(20)12-16-7-4-8-32-16/h3-11,20,28H,12H2,1-2H3/b21-19+. The van der Waals surface area contributed by atoms with Crippen molar-refractivity contribution in [3.05, 3.63) is 91.1 Å². The number of rotatable bonds is 5. The van der Waals surface area contributed by atoms with E-state index in [1.807, 2.05) is 48.7 Å². The molecule has 1 aromatic heterocycles. The van der Waals surface area contributed by atoms with Gasteiger partial charge in [0.1, 0.15) is 5.76 Å². The van der Waals surface area contributed by atoms with Crippen molar-refractivity contribution in [1.82, 2.24) is 4.90 Å². The first-order chi connectivity index (χ1) is 15.3. The Kier molecular flexibility index (Phi) is 6.29. The van der Waals surface area contributed by atoms with Gasteiger partial charge in [-0.1, -0.05) is 59.1 Å². The maximum Gasteiger partial charge on any atom is 0.295 e. The molecule has 164 valence electrons. The molecule has 2 aromatic carbocycles. The molecular formula is C24H19Cl2NO4S. The maximum absolute atomic E-state index is 13.1. The van der Waals surface area contributed by atoms with E-state index < -0.39 is 17.7 Å². The van der Waals surface area contributed by atoms with Crippen LogP contribution in [-0.4, -0.2) is 28.8 Å². The molecule has 1 aliphatic heterocycles. The van der Waals surface area contributed by atoms with Crippen molar-refractivity contribution in [3.8, 4) is 5.75 Å². The predicted molar refractivity (Wildman–Crippen MR) is 126 cm³/mol. The minimum absolute atomic E-state index is 0.00513. The number of hydrogen-bond donors (Lipinski definition) is 1. The average Bonchev–Trinajstić information content (AvgIpc) is 3.35. The van der Waals surface area contributed by atoms with Gasteiger partial charge in [0.05, 0.1) is 35.3 Å². The molecule has 8 heteroatoms. The number of carbonyl (C=O) groups is 2. The summed E-state index contributed by atoms with van der Waals surface area (Å²) in [4.78, 5) is 28.6. The summed E-state index contributed by atoms with van der Waals surface area (Å²) in [6.45, 7) is 2.18. The van der Waals surface area contributed by atoms with E-state index in [2.05, 4.69) is 0 Å². The van der Waals surface area contributed by atoms with Crippen molar-refractivity contribution >= 4 is 52.0 Å². The lowest BCUT2D eigenvalue weighted by atomic mass is 9.94. The zero-order valence-corrected chi connectivity index (χ0v) is 19.6. The zero-order valence-electron chi connectivity index (χ0n) is 17.3. The van der Waals surface area contributed by atoms with Gasteiger partial charge in [-0.25, -0.2) is 0 Å². The number of thiophene rings is 1. The van der Waals surface area contributed by atoms with E-state index in [1.54, 1.807) is 0 Å². The summed E-state index contributed by atoms with van der Waals surface area (Å²) in [6.07, 6.45) is 0. The second kappa shape index (κ2) is 8.98. The summed E-state index contributed by atoms with van der Waals surface area (Å²) < 4.78 is 5.16. The molecule has 0 spiro atoms. The molecule has 2 heterocycles. The van der Waals surface area contributed by atoms with Crippen molar-refractivity contribution in [1.29, 1.82) is 0 Å². The number of benzene rings is 2. The fraction of sp³-hybridized carbons (Fsp3) is 0.167. The molecule has 1 N–H and O–H groups in total. The largest absolute Gasteiger partial charge is 0.507 e. The lowest BCUT2D eigenvalue weighted by molar-refractivity contribution is -0.140. The van der Waals surface area contributed by atoms with Crippen LogP contribution in [0, 0.1) is 6.92 Å². The Balaban J connectivity index is 1.90. The van der Waals surface area contributed by atoms with E-state index in [1.165, 1.54) is 35.5 Å². The van der Waals surface area contributed by atoms with Crippen LogP contribution < -0.4 is 4.74 Å². The first-order valence-electron chi connectivity index (χ1n) is 9.72. The van der Waals surface area contributed by atoms with E-state index >= 15 is 0 Å². The van der Waals surface area contributed by atoms with E-state index in [0.29, 0.717) is 0 Å². The third-order valence-corrected chi connectivity index (χ3v) is 6.70. The van der Waals surface area contributed by atoms with Crippen LogP contribution in [0.5, 0.6) is 5.75 Å². The number of aliphatic hydroxyl groups excluding tert-OH is 1. The minimum atomic E-state index is -0.756. The Hall–Kier alpha value is -2.80. The summed E-state index contributed by atoms with van der Waals surface area (Å²) in [7, 11) is 1.43. The number of ether oxygens (including phenoxy) is 1. The summed E-state index contributed by atoms with van der Waals surface area (Å²) in [5.74, 6) is -1.50. The number of carbonyl (C=O) groups excluding carboxylic acids is 2. The summed E-state index contributed by atoms with van der Waals surface area (Å²) in [5, 5.41) is 13.5. The minimum Gasteiger partial charge on any atom is -0.507 e. The van der Waals surface area contributed by atoms with Gasteiger partial charge in [-0.15, -0.1) is 11.3 Å². The van der Waals surface area contributed by atoms with Crippen LogP contribution in [0.2, 0.25) is 10.0 Å². The van der Waals surface area contributed by atoms with Gasteiger partial charge in [0.25, 0.3) is 11.7 Å². The van der Waals surface area contributed by atoms with Crippen molar-refractivity contribution in [3.63, 3.8) is 0 Å². The molecule has 0 radical (unpaired) electrons. The van der Waals surface area contributed by atoms with Gasteiger partial charge < -0.3 is 14.7 Å². The summed E-state index contributed by atoms with van der Waals surface area (Å²) in [6, 6.07) is 13.5. The first kappa shape index (κ1) is 22.4. The molecule has 1 aliphatic rings. The number of methoxy groups -OCH3 is 1. The van der Waals surface area contributed by atoms with E-state index in [0.717, 1.165) is 16.0 Å². The molecule has 32 heavy (non-hydrogen) atoms. The highest BCUT2D eigenvalue weighted by Crippen LogP contribution is 2.42. The Bertz CT molecular complexity index is 1210. The number of ketones is 1. The smallest absolute Gasteiger partial charge is 0.295 e. The number of amides is 1. The molecule has 1 atom stereocenters. The van der Waals surface area contributed by atoms with Gasteiger partial charge in [0, 0.05) is 10.4 Å². The highest BCUT2D eigenvalue weighted by Gasteiger charge is 2.46. The van der Waals surface area contributed by atoms with E-state index in [4.69, 9.17) is 27.9 Å². The summed E-state index contributed by atoms with van der Waals surface area (Å²) in [5.41, 5.74) is 1.93. The number of aryl methyl sites for hydroxylation is 1. The Morgan fingerprint density at radius 1 is 1.12 bits per heavy atom. The molecule has 3 aromatic rings. The zero-order chi connectivity index (χ0) is 23.0. The molecule has 0 saturated carbocycles. The monoisotopic (exact) mass is 487 g/mol. The van der Waals surface area contributed by atoms with Gasteiger partial charge in [-0.3, -0.25) is 9.59 Å². The van der Waals surface area contributed by atoms with Crippen LogP contribution in [0.1, 0.15) is 27.6 Å². The molecule has 1 fully saturated rings. The molecule has 0 aliphatic carbocycles. The number of hydrogen-bond acceptors (Lipinski definition) is 5. The molecule has 1 amide bonds. The third-order valence-electron chi connectivity index (χ3n) is 5.28. The van der Waals surface area contributed by atoms with E-state index in [-0.39, 0.29) is 39.2 Å². The second-order valence-electron chi connectivity index (χ2n) is 7.39. The summed E-state index contributed by atoms with van der Waals surface area (Å²) >= 11 is 14.0. The van der Waals surface area contributed by atoms with E-state index in [9.17, 15) is 14.7 Å². The maximum atomic E-state index is 13.1. The predicted octanol–water partition coefficient (Wildman–Crippen LogP) is 5.99. The number of nitrogens with zero attached hydrogens (tertiary/aromatic N) is 1. The van der Waals surface area contributed by atoms with Crippen molar-refractivity contribution in [2.24, 2.45) is 0 Å². The van der Waals surface area contributed by atoms with Crippen LogP contribution in [0.4, 0.5) is 0 Å². The Labute approximate surface area is 199 Å². The quantitative estimate of drug-likeness (QED) is 0.272. The number of Topliss-reactive ketones (excluding diaryl/α,β-unsaturated/α-hetero) is 1. The van der Waals surface area contributed by atoms with Crippen LogP contribution in [0.15, 0.2) is 59.5 Å². The molecule has 5 nitrogen and oxygen atoms in total. The highest BCUT2D eigenvalue weighted by atomic mass is 35.5. The number of likely N-dealkylation sites (tertiary alicyclic amines) is 1. The molecule has 0 bridgehead atoms. The molecule has 4 rings (SSSR count). The van der Waals surface area contributed by atoms with Crippen LogP contribution in [0.3, 0.4) is 0 Å². The normalized spacial score (nSPS) is 17.8. The van der Waals surface area contributed by atoms with Crippen LogP contribution in [0.25, 0.3) is 5.76 Å². The lowest BCUT2D eigenvalue weighted by Crippen LogP contribution is -2.28. The number of aliphatic hydroxyl groups is 1.